The highest BCUT2D eigenvalue weighted by Gasteiger charge is 2.47. The van der Waals surface area contributed by atoms with Crippen molar-refractivity contribution in [2.24, 2.45) is 5.92 Å². The molecule has 0 aliphatic carbocycles. The molecule has 0 saturated carbocycles. The number of piperidine rings is 1. The van der Waals surface area contributed by atoms with Crippen LogP contribution in [0.3, 0.4) is 0 Å². The highest BCUT2D eigenvalue weighted by Crippen LogP contribution is 2.43. The van der Waals surface area contributed by atoms with Crippen LogP contribution in [0.15, 0.2) is 6.07 Å². The van der Waals surface area contributed by atoms with Gasteiger partial charge in [-0.1, -0.05) is 0 Å². The molecule has 4 aliphatic rings. The summed E-state index contributed by atoms with van der Waals surface area (Å²) in [7, 11) is 0. The SMILES string of the molecule is N#Cc1c(N2CC(N3CCNCC3)C2)cc(N2CCC3(CCCO3)[C@H](CO)C2)nc1C(F)(F)F. The molecule has 34 heavy (non-hydrogen) atoms. The Hall–Kier alpha value is -2.13. The van der Waals surface area contributed by atoms with Gasteiger partial charge in [0.1, 0.15) is 17.5 Å². The maximum atomic E-state index is 14.0. The molecule has 4 aliphatic heterocycles. The van der Waals surface area contributed by atoms with Crippen molar-refractivity contribution >= 4 is 11.5 Å². The van der Waals surface area contributed by atoms with E-state index < -0.39 is 23.0 Å². The van der Waals surface area contributed by atoms with Crippen molar-refractivity contribution in [1.29, 1.82) is 5.26 Å². The second-order valence-corrected chi connectivity index (χ2v) is 9.77. The Morgan fingerprint density at radius 1 is 1.18 bits per heavy atom. The van der Waals surface area contributed by atoms with Gasteiger partial charge >= 0.3 is 6.18 Å². The van der Waals surface area contributed by atoms with E-state index in [2.05, 4.69) is 15.2 Å². The van der Waals surface area contributed by atoms with E-state index >= 15 is 0 Å². The highest BCUT2D eigenvalue weighted by molar-refractivity contribution is 5.68. The largest absolute Gasteiger partial charge is 0.434 e. The number of rotatable bonds is 4. The Kier molecular flexibility index (Phi) is 6.35. The lowest BCUT2D eigenvalue weighted by Gasteiger charge is -2.48. The first-order valence-corrected chi connectivity index (χ1v) is 12.1. The number of alkyl halides is 3. The number of piperazine rings is 1. The summed E-state index contributed by atoms with van der Waals surface area (Å²) in [5.74, 6) is 0.0123. The average molecular weight is 481 g/mol. The number of nitrogens with one attached hydrogen (secondary N) is 1. The third-order valence-electron chi connectivity index (χ3n) is 7.90. The first-order valence-electron chi connectivity index (χ1n) is 12.1. The maximum absolute atomic E-state index is 14.0. The number of hydrogen-bond donors (Lipinski definition) is 2. The summed E-state index contributed by atoms with van der Waals surface area (Å²) < 4.78 is 47.9. The van der Waals surface area contributed by atoms with E-state index in [4.69, 9.17) is 4.74 Å². The van der Waals surface area contributed by atoms with E-state index in [1.807, 2.05) is 4.90 Å². The Bertz CT molecular complexity index is 934. The molecule has 1 spiro atoms. The molecule has 2 atom stereocenters. The fourth-order valence-corrected chi connectivity index (χ4v) is 5.90. The van der Waals surface area contributed by atoms with Gasteiger partial charge in [-0.05, 0) is 19.3 Å². The van der Waals surface area contributed by atoms with Crippen molar-refractivity contribution in [3.8, 4) is 6.07 Å². The van der Waals surface area contributed by atoms with E-state index in [0.717, 1.165) is 39.0 Å². The number of nitrogens with zero attached hydrogens (tertiary/aromatic N) is 5. The molecule has 0 amide bonds. The van der Waals surface area contributed by atoms with Crippen molar-refractivity contribution in [3.05, 3.63) is 17.3 Å². The monoisotopic (exact) mass is 480 g/mol. The Balaban J connectivity index is 1.42. The van der Waals surface area contributed by atoms with Crippen molar-refractivity contribution in [3.63, 3.8) is 0 Å². The number of halogens is 3. The van der Waals surface area contributed by atoms with Crippen LogP contribution in [0, 0.1) is 17.2 Å². The first kappa shape index (κ1) is 23.6. The van der Waals surface area contributed by atoms with Gasteiger partial charge in [0, 0.05) is 77.0 Å². The number of aromatic nitrogens is 1. The summed E-state index contributed by atoms with van der Waals surface area (Å²) in [6, 6.07) is 3.68. The summed E-state index contributed by atoms with van der Waals surface area (Å²) in [6.45, 7) is 6.25. The molecule has 2 N–H and O–H groups in total. The molecule has 5 heterocycles. The standard InChI is InChI=1S/C23H31F3N6O2/c24-23(25,26)21-18(11-27)19(32-13-17(14-32)30-7-4-28-5-8-30)10-20(29-21)31-6-3-22(2-1-9-34-22)16(12-31)15-33/h10,16-17,28,33H,1-9,12-15H2/t16-,22?/m0/s1. The lowest BCUT2D eigenvalue weighted by Crippen LogP contribution is -2.63. The minimum Gasteiger partial charge on any atom is -0.396 e. The maximum Gasteiger partial charge on any atom is 0.434 e. The lowest BCUT2D eigenvalue weighted by atomic mass is 9.79. The van der Waals surface area contributed by atoms with Crippen LogP contribution in [0.5, 0.6) is 0 Å². The van der Waals surface area contributed by atoms with E-state index in [0.29, 0.717) is 44.9 Å². The minimum atomic E-state index is -4.74. The van der Waals surface area contributed by atoms with Crippen LogP contribution in [0.25, 0.3) is 0 Å². The second kappa shape index (κ2) is 9.15. The topological polar surface area (TPSA) is 87.9 Å². The first-order chi connectivity index (χ1) is 16.3. The van der Waals surface area contributed by atoms with Crippen LogP contribution in [0.4, 0.5) is 24.7 Å². The number of pyridine rings is 1. The summed E-state index contributed by atoms with van der Waals surface area (Å²) in [5, 5.41) is 23.0. The predicted octanol–water partition coefficient (Wildman–Crippen LogP) is 1.43. The quantitative estimate of drug-likeness (QED) is 0.670. The van der Waals surface area contributed by atoms with Crippen LogP contribution in [-0.4, -0.2) is 92.2 Å². The number of anilines is 2. The third kappa shape index (κ3) is 4.21. The van der Waals surface area contributed by atoms with Crippen molar-refractivity contribution in [1.82, 2.24) is 15.2 Å². The normalized spacial score (nSPS) is 28.9. The van der Waals surface area contributed by atoms with Crippen LogP contribution in [-0.2, 0) is 10.9 Å². The summed E-state index contributed by atoms with van der Waals surface area (Å²) in [5.41, 5.74) is -1.65. The molecule has 8 nitrogen and oxygen atoms in total. The fourth-order valence-electron chi connectivity index (χ4n) is 5.90. The van der Waals surface area contributed by atoms with E-state index in [1.54, 1.807) is 17.0 Å². The van der Waals surface area contributed by atoms with E-state index in [1.165, 1.54) is 0 Å². The van der Waals surface area contributed by atoms with Gasteiger partial charge in [0.15, 0.2) is 5.69 Å². The number of hydrogen-bond acceptors (Lipinski definition) is 8. The number of ether oxygens (including phenoxy) is 1. The zero-order valence-corrected chi connectivity index (χ0v) is 19.1. The van der Waals surface area contributed by atoms with E-state index in [-0.39, 0.29) is 24.4 Å². The molecule has 0 radical (unpaired) electrons. The van der Waals surface area contributed by atoms with Crippen molar-refractivity contribution < 1.29 is 23.0 Å². The summed E-state index contributed by atoms with van der Waals surface area (Å²) >= 11 is 0. The van der Waals surface area contributed by atoms with Gasteiger partial charge in [0.25, 0.3) is 0 Å². The van der Waals surface area contributed by atoms with Crippen LogP contribution >= 0.6 is 0 Å². The Labute approximate surface area is 197 Å². The molecule has 1 aromatic rings. The van der Waals surface area contributed by atoms with Crippen molar-refractivity contribution in [2.75, 3.05) is 75.4 Å². The minimum absolute atomic E-state index is 0.0930. The third-order valence-corrected chi connectivity index (χ3v) is 7.90. The summed E-state index contributed by atoms with van der Waals surface area (Å²) in [6.07, 6.45) is -2.32. The molecule has 186 valence electrons. The van der Waals surface area contributed by atoms with Crippen molar-refractivity contribution in [2.45, 2.75) is 37.1 Å². The van der Waals surface area contributed by atoms with Gasteiger partial charge in [-0.2, -0.15) is 18.4 Å². The highest BCUT2D eigenvalue weighted by atomic mass is 19.4. The van der Waals surface area contributed by atoms with Gasteiger partial charge in [-0.25, -0.2) is 4.98 Å². The van der Waals surface area contributed by atoms with Crippen LogP contribution < -0.4 is 15.1 Å². The predicted molar refractivity (Wildman–Crippen MR) is 120 cm³/mol. The Morgan fingerprint density at radius 2 is 1.94 bits per heavy atom. The molecule has 4 fully saturated rings. The molecule has 0 aromatic carbocycles. The molecular weight excluding hydrogens is 449 g/mol. The van der Waals surface area contributed by atoms with E-state index in [9.17, 15) is 23.5 Å². The lowest BCUT2D eigenvalue weighted by molar-refractivity contribution is -0.141. The molecule has 11 heteroatoms. The van der Waals surface area contributed by atoms with Gasteiger partial charge in [-0.15, -0.1) is 0 Å². The van der Waals surface area contributed by atoms with Gasteiger partial charge in [-0.3, -0.25) is 4.90 Å². The number of aliphatic hydroxyl groups excluding tert-OH is 1. The molecule has 1 unspecified atom stereocenters. The molecular formula is C23H31F3N6O2. The zero-order valence-electron chi connectivity index (χ0n) is 19.1. The summed E-state index contributed by atoms with van der Waals surface area (Å²) in [4.78, 5) is 9.96. The number of aliphatic hydroxyl groups is 1. The van der Waals surface area contributed by atoms with Crippen LogP contribution in [0.1, 0.15) is 30.5 Å². The zero-order chi connectivity index (χ0) is 23.9. The van der Waals surface area contributed by atoms with Gasteiger partial charge in [0.2, 0.25) is 0 Å². The fraction of sp³-hybridized carbons (Fsp3) is 0.739. The second-order valence-electron chi connectivity index (χ2n) is 9.77. The molecule has 1 aromatic heterocycles. The average Bonchev–Trinajstić information content (AvgIpc) is 3.27. The Morgan fingerprint density at radius 3 is 2.56 bits per heavy atom. The molecule has 0 bridgehead atoms. The smallest absolute Gasteiger partial charge is 0.396 e. The molecule has 4 saturated heterocycles. The molecule has 5 rings (SSSR count). The van der Waals surface area contributed by atoms with Gasteiger partial charge in [0.05, 0.1) is 17.9 Å². The van der Waals surface area contributed by atoms with Gasteiger partial charge < -0.3 is 25.0 Å². The van der Waals surface area contributed by atoms with Crippen LogP contribution in [0.2, 0.25) is 0 Å². The number of nitriles is 1.